The Bertz CT molecular complexity index is 551. The Kier molecular flexibility index (Phi) is 4.74. The van der Waals surface area contributed by atoms with Crippen molar-refractivity contribution in [1.29, 1.82) is 0 Å². The van der Waals surface area contributed by atoms with Crippen LogP contribution in [-0.2, 0) is 0 Å². The monoisotopic (exact) mass is 272 g/mol. The molecule has 1 unspecified atom stereocenters. The molecule has 0 saturated carbocycles. The summed E-state index contributed by atoms with van der Waals surface area (Å²) in [7, 11) is 0. The number of nitrogens with two attached hydrogens (primary N) is 1. The minimum atomic E-state index is -0.218. The molecule has 0 aliphatic rings. The molecule has 0 saturated heterocycles. The van der Waals surface area contributed by atoms with Crippen LogP contribution in [0, 0.1) is 12.7 Å². The van der Waals surface area contributed by atoms with Gasteiger partial charge in [0.2, 0.25) is 0 Å². The predicted octanol–water partition coefficient (Wildman–Crippen LogP) is 3.66. The van der Waals surface area contributed by atoms with Crippen molar-refractivity contribution in [2.75, 3.05) is 18.0 Å². The van der Waals surface area contributed by atoms with E-state index in [2.05, 4.69) is 30.9 Å². The molecule has 2 nitrogen and oxygen atoms in total. The highest BCUT2D eigenvalue weighted by Gasteiger charge is 2.19. The van der Waals surface area contributed by atoms with Gasteiger partial charge < -0.3 is 10.6 Å². The Morgan fingerprint density at radius 1 is 1.10 bits per heavy atom. The summed E-state index contributed by atoms with van der Waals surface area (Å²) in [5.41, 5.74) is 9.44. The van der Waals surface area contributed by atoms with Crippen molar-refractivity contribution in [1.82, 2.24) is 0 Å². The molecule has 0 radical (unpaired) electrons. The maximum Gasteiger partial charge on any atom is 0.123 e. The molecule has 106 valence electrons. The summed E-state index contributed by atoms with van der Waals surface area (Å²) in [6, 6.07) is 15.0. The number of hydrogen-bond acceptors (Lipinski definition) is 2. The van der Waals surface area contributed by atoms with E-state index >= 15 is 0 Å². The molecule has 2 aromatic carbocycles. The molecule has 0 spiro atoms. The number of aryl methyl sites for hydroxylation is 1. The molecule has 0 aliphatic heterocycles. The zero-order chi connectivity index (χ0) is 14.5. The van der Waals surface area contributed by atoms with Crippen molar-refractivity contribution in [2.45, 2.75) is 19.9 Å². The normalized spacial score (nSPS) is 12.2. The predicted molar refractivity (Wildman–Crippen MR) is 82.4 cm³/mol. The highest BCUT2D eigenvalue weighted by molar-refractivity contribution is 5.50. The Balaban J connectivity index is 2.38. The van der Waals surface area contributed by atoms with Gasteiger partial charge in [-0.3, -0.25) is 0 Å². The third-order valence-corrected chi connectivity index (χ3v) is 3.65. The number of benzene rings is 2. The molecule has 0 bridgehead atoms. The molecule has 2 rings (SSSR count). The average molecular weight is 272 g/mol. The maximum atomic E-state index is 13.1. The van der Waals surface area contributed by atoms with E-state index < -0.39 is 0 Å². The third kappa shape index (κ3) is 2.99. The molecule has 0 heterocycles. The molecular weight excluding hydrogens is 251 g/mol. The lowest BCUT2D eigenvalue weighted by Gasteiger charge is -2.33. The SMILES string of the molecule is CCN(c1ccc(F)cc1)C(CN)c1ccccc1C. The summed E-state index contributed by atoms with van der Waals surface area (Å²) in [6.07, 6.45) is 0. The van der Waals surface area contributed by atoms with Crippen LogP contribution >= 0.6 is 0 Å². The second kappa shape index (κ2) is 6.53. The second-order valence-corrected chi connectivity index (χ2v) is 4.87. The molecule has 1 atom stereocenters. The van der Waals surface area contributed by atoms with Gasteiger partial charge in [0.1, 0.15) is 5.82 Å². The number of halogens is 1. The fourth-order valence-electron chi connectivity index (χ4n) is 2.60. The van der Waals surface area contributed by atoms with E-state index in [-0.39, 0.29) is 11.9 Å². The van der Waals surface area contributed by atoms with Crippen LogP contribution in [0.1, 0.15) is 24.1 Å². The van der Waals surface area contributed by atoms with Gasteiger partial charge in [-0.05, 0) is 49.2 Å². The minimum absolute atomic E-state index is 0.103. The zero-order valence-electron chi connectivity index (χ0n) is 12.0. The van der Waals surface area contributed by atoms with E-state index in [1.807, 2.05) is 12.1 Å². The molecule has 0 fully saturated rings. The summed E-state index contributed by atoms with van der Waals surface area (Å²) in [5.74, 6) is -0.218. The lowest BCUT2D eigenvalue weighted by atomic mass is 9.99. The van der Waals surface area contributed by atoms with Crippen molar-refractivity contribution in [3.8, 4) is 0 Å². The Morgan fingerprint density at radius 2 is 1.75 bits per heavy atom. The molecule has 20 heavy (non-hydrogen) atoms. The largest absolute Gasteiger partial charge is 0.363 e. The minimum Gasteiger partial charge on any atom is -0.363 e. The van der Waals surface area contributed by atoms with E-state index in [0.717, 1.165) is 12.2 Å². The number of likely N-dealkylation sites (N-methyl/N-ethyl adjacent to an activating group) is 1. The Hall–Kier alpha value is -1.87. The van der Waals surface area contributed by atoms with E-state index in [4.69, 9.17) is 5.73 Å². The summed E-state index contributed by atoms with van der Waals surface area (Å²) in [5, 5.41) is 0. The van der Waals surface area contributed by atoms with Gasteiger partial charge in [0.25, 0.3) is 0 Å². The second-order valence-electron chi connectivity index (χ2n) is 4.87. The fraction of sp³-hybridized carbons (Fsp3) is 0.294. The zero-order valence-corrected chi connectivity index (χ0v) is 12.0. The number of hydrogen-bond donors (Lipinski definition) is 1. The van der Waals surface area contributed by atoms with Gasteiger partial charge in [-0.15, -0.1) is 0 Å². The molecule has 3 heteroatoms. The first-order valence-corrected chi connectivity index (χ1v) is 6.95. The molecule has 2 aromatic rings. The number of nitrogens with zero attached hydrogens (tertiary/aromatic N) is 1. The number of rotatable bonds is 5. The highest BCUT2D eigenvalue weighted by atomic mass is 19.1. The van der Waals surface area contributed by atoms with Gasteiger partial charge in [0, 0.05) is 18.8 Å². The number of anilines is 1. The van der Waals surface area contributed by atoms with Crippen LogP contribution in [0.2, 0.25) is 0 Å². The first-order valence-electron chi connectivity index (χ1n) is 6.95. The van der Waals surface area contributed by atoms with Gasteiger partial charge in [0.05, 0.1) is 6.04 Å². The molecule has 2 N–H and O–H groups in total. The maximum absolute atomic E-state index is 13.1. The Labute approximate surface area is 120 Å². The lowest BCUT2D eigenvalue weighted by molar-refractivity contribution is 0.621. The van der Waals surface area contributed by atoms with Gasteiger partial charge >= 0.3 is 0 Å². The highest BCUT2D eigenvalue weighted by Crippen LogP contribution is 2.28. The Morgan fingerprint density at radius 3 is 2.30 bits per heavy atom. The third-order valence-electron chi connectivity index (χ3n) is 3.65. The van der Waals surface area contributed by atoms with Crippen molar-refractivity contribution in [2.24, 2.45) is 5.73 Å². The molecule has 0 aliphatic carbocycles. The average Bonchev–Trinajstić information content (AvgIpc) is 2.47. The lowest BCUT2D eigenvalue weighted by Crippen LogP contribution is -2.34. The summed E-state index contributed by atoms with van der Waals surface area (Å²) in [6.45, 7) is 5.53. The van der Waals surface area contributed by atoms with Crippen LogP contribution in [0.3, 0.4) is 0 Å². The summed E-state index contributed by atoms with van der Waals surface area (Å²) >= 11 is 0. The molecule has 0 amide bonds. The first-order chi connectivity index (χ1) is 9.67. The standard InChI is InChI=1S/C17H21FN2/c1-3-20(15-10-8-14(18)9-11-15)17(12-19)16-7-5-4-6-13(16)2/h4-11,17H,3,12,19H2,1-2H3. The molecular formula is C17H21FN2. The summed E-state index contributed by atoms with van der Waals surface area (Å²) < 4.78 is 13.1. The van der Waals surface area contributed by atoms with E-state index in [0.29, 0.717) is 6.54 Å². The quantitative estimate of drug-likeness (QED) is 0.900. The van der Waals surface area contributed by atoms with Crippen molar-refractivity contribution >= 4 is 5.69 Å². The smallest absolute Gasteiger partial charge is 0.123 e. The fourth-order valence-corrected chi connectivity index (χ4v) is 2.60. The van der Waals surface area contributed by atoms with E-state index in [1.54, 1.807) is 12.1 Å². The van der Waals surface area contributed by atoms with Crippen LogP contribution < -0.4 is 10.6 Å². The van der Waals surface area contributed by atoms with Crippen LogP contribution in [0.4, 0.5) is 10.1 Å². The summed E-state index contributed by atoms with van der Waals surface area (Å²) in [4.78, 5) is 2.21. The van der Waals surface area contributed by atoms with E-state index in [9.17, 15) is 4.39 Å². The van der Waals surface area contributed by atoms with Crippen LogP contribution in [0.15, 0.2) is 48.5 Å². The van der Waals surface area contributed by atoms with Crippen molar-refractivity contribution in [3.63, 3.8) is 0 Å². The van der Waals surface area contributed by atoms with Gasteiger partial charge in [-0.25, -0.2) is 4.39 Å². The van der Waals surface area contributed by atoms with Crippen molar-refractivity contribution < 1.29 is 4.39 Å². The topological polar surface area (TPSA) is 29.3 Å². The van der Waals surface area contributed by atoms with Crippen LogP contribution in [0.5, 0.6) is 0 Å². The van der Waals surface area contributed by atoms with Crippen LogP contribution in [0.25, 0.3) is 0 Å². The van der Waals surface area contributed by atoms with Gasteiger partial charge in [-0.2, -0.15) is 0 Å². The first kappa shape index (κ1) is 14.5. The van der Waals surface area contributed by atoms with E-state index in [1.165, 1.54) is 23.3 Å². The van der Waals surface area contributed by atoms with Crippen LogP contribution in [-0.4, -0.2) is 13.1 Å². The molecule has 0 aromatic heterocycles. The van der Waals surface area contributed by atoms with Gasteiger partial charge in [-0.1, -0.05) is 24.3 Å². The van der Waals surface area contributed by atoms with Gasteiger partial charge in [0.15, 0.2) is 0 Å². The van der Waals surface area contributed by atoms with Crippen molar-refractivity contribution in [3.05, 3.63) is 65.5 Å².